The van der Waals surface area contributed by atoms with Gasteiger partial charge in [-0.2, -0.15) is 13.2 Å². The van der Waals surface area contributed by atoms with Crippen LogP contribution in [0.15, 0.2) is 12.1 Å². The van der Waals surface area contributed by atoms with Crippen LogP contribution in [0.1, 0.15) is 14.5 Å². The molecule has 0 aromatic carbocycles. The lowest BCUT2D eigenvalue weighted by Crippen LogP contribution is -2.16. The number of aromatic carboxylic acids is 1. The standard InChI is InChI=1S/C8H7F3O3S/c9-8(10,11)4-14-3-5-1-2-6(15-5)7(12)13/h1-2H,3-4H2,(H,12,13). The number of ether oxygens (including phenoxy) is 1. The highest BCUT2D eigenvalue weighted by Gasteiger charge is 2.27. The molecule has 0 unspecified atom stereocenters. The van der Waals surface area contributed by atoms with Gasteiger partial charge in [0.05, 0.1) is 6.61 Å². The summed E-state index contributed by atoms with van der Waals surface area (Å²) >= 11 is 0.900. The van der Waals surface area contributed by atoms with Gasteiger partial charge in [-0.05, 0) is 12.1 Å². The van der Waals surface area contributed by atoms with E-state index in [1.165, 1.54) is 12.1 Å². The molecule has 0 aliphatic carbocycles. The summed E-state index contributed by atoms with van der Waals surface area (Å²) in [4.78, 5) is 11.0. The van der Waals surface area contributed by atoms with Gasteiger partial charge in [0, 0.05) is 4.88 Å². The van der Waals surface area contributed by atoms with Gasteiger partial charge in [0.15, 0.2) is 0 Å². The minimum atomic E-state index is -4.35. The molecular formula is C8H7F3O3S. The first kappa shape index (κ1) is 12.0. The minimum absolute atomic E-state index is 0.0839. The van der Waals surface area contributed by atoms with Crippen LogP contribution in [0.3, 0.4) is 0 Å². The Bertz CT molecular complexity index is 345. The molecule has 0 saturated carbocycles. The van der Waals surface area contributed by atoms with Crippen molar-refractivity contribution in [2.75, 3.05) is 6.61 Å². The molecular weight excluding hydrogens is 233 g/mol. The fourth-order valence-electron chi connectivity index (χ4n) is 0.838. The van der Waals surface area contributed by atoms with E-state index in [2.05, 4.69) is 4.74 Å². The molecule has 0 radical (unpaired) electrons. The van der Waals surface area contributed by atoms with Crippen molar-refractivity contribution in [1.82, 2.24) is 0 Å². The summed E-state index contributed by atoms with van der Waals surface area (Å²) in [5, 5.41) is 8.54. The highest BCUT2D eigenvalue weighted by Crippen LogP contribution is 2.19. The van der Waals surface area contributed by atoms with E-state index in [1.807, 2.05) is 0 Å². The van der Waals surface area contributed by atoms with Crippen LogP contribution in [0.4, 0.5) is 13.2 Å². The van der Waals surface area contributed by atoms with Crippen LogP contribution in [0, 0.1) is 0 Å². The molecule has 1 heterocycles. The zero-order valence-electron chi connectivity index (χ0n) is 7.37. The van der Waals surface area contributed by atoms with E-state index < -0.39 is 18.8 Å². The van der Waals surface area contributed by atoms with Crippen LogP contribution in [-0.4, -0.2) is 23.9 Å². The number of hydrogen-bond acceptors (Lipinski definition) is 3. The average Bonchev–Trinajstić information content (AvgIpc) is 2.50. The molecule has 1 rings (SSSR count). The van der Waals surface area contributed by atoms with E-state index in [4.69, 9.17) is 5.11 Å². The Morgan fingerprint density at radius 1 is 1.47 bits per heavy atom. The number of rotatable bonds is 4. The van der Waals surface area contributed by atoms with Gasteiger partial charge in [-0.25, -0.2) is 4.79 Å². The van der Waals surface area contributed by atoms with Crippen molar-refractivity contribution in [2.24, 2.45) is 0 Å². The summed E-state index contributed by atoms with van der Waals surface area (Å²) in [7, 11) is 0. The number of carboxylic acids is 1. The number of hydrogen-bond donors (Lipinski definition) is 1. The summed E-state index contributed by atoms with van der Waals surface area (Å²) in [5.41, 5.74) is 0. The molecule has 84 valence electrons. The van der Waals surface area contributed by atoms with E-state index in [0.29, 0.717) is 4.88 Å². The predicted octanol–water partition coefficient (Wildman–Crippen LogP) is 2.53. The second-order valence-corrected chi connectivity index (χ2v) is 3.85. The molecule has 0 bridgehead atoms. The first-order valence-corrected chi connectivity index (χ1v) is 4.66. The molecule has 0 aliphatic heterocycles. The molecule has 7 heteroatoms. The largest absolute Gasteiger partial charge is 0.477 e. The second kappa shape index (κ2) is 4.63. The summed E-state index contributed by atoms with van der Waals surface area (Å²) in [6.07, 6.45) is -4.35. The van der Waals surface area contributed by atoms with Crippen molar-refractivity contribution in [3.8, 4) is 0 Å². The first-order chi connectivity index (χ1) is 6.88. The molecule has 0 atom stereocenters. The van der Waals surface area contributed by atoms with Crippen molar-refractivity contribution in [1.29, 1.82) is 0 Å². The van der Waals surface area contributed by atoms with Crippen molar-refractivity contribution in [3.63, 3.8) is 0 Å². The smallest absolute Gasteiger partial charge is 0.411 e. The molecule has 0 saturated heterocycles. The number of carbonyl (C=O) groups is 1. The van der Waals surface area contributed by atoms with Gasteiger partial charge >= 0.3 is 12.1 Å². The summed E-state index contributed by atoms with van der Waals surface area (Å²) in [6, 6.07) is 2.77. The van der Waals surface area contributed by atoms with Crippen LogP contribution >= 0.6 is 11.3 Å². The van der Waals surface area contributed by atoms with Gasteiger partial charge in [0.1, 0.15) is 11.5 Å². The van der Waals surface area contributed by atoms with Gasteiger partial charge < -0.3 is 9.84 Å². The highest BCUT2D eigenvalue weighted by atomic mass is 32.1. The topological polar surface area (TPSA) is 46.5 Å². The molecule has 0 amide bonds. The predicted molar refractivity (Wildman–Crippen MR) is 47.0 cm³/mol. The zero-order valence-corrected chi connectivity index (χ0v) is 8.19. The molecule has 0 spiro atoms. The fraction of sp³-hybridized carbons (Fsp3) is 0.375. The fourth-order valence-corrected chi connectivity index (χ4v) is 1.62. The molecule has 3 nitrogen and oxygen atoms in total. The van der Waals surface area contributed by atoms with Gasteiger partial charge in [-0.15, -0.1) is 11.3 Å². The molecule has 1 N–H and O–H groups in total. The Labute approximate surface area is 87.1 Å². The lowest BCUT2D eigenvalue weighted by molar-refractivity contribution is -0.176. The monoisotopic (exact) mass is 240 g/mol. The third-order valence-corrected chi connectivity index (χ3v) is 2.43. The second-order valence-electron chi connectivity index (χ2n) is 2.68. The summed E-state index contributed by atoms with van der Waals surface area (Å²) < 4.78 is 39.4. The maximum absolute atomic E-state index is 11.7. The van der Waals surface area contributed by atoms with E-state index in [1.54, 1.807) is 0 Å². The van der Waals surface area contributed by atoms with Gasteiger partial charge in [-0.1, -0.05) is 0 Å². The average molecular weight is 240 g/mol. The molecule has 1 aromatic rings. The Kier molecular flexibility index (Phi) is 3.70. The molecule has 15 heavy (non-hydrogen) atoms. The molecule has 0 aliphatic rings. The minimum Gasteiger partial charge on any atom is -0.477 e. The van der Waals surface area contributed by atoms with E-state index in [-0.39, 0.29) is 11.5 Å². The van der Waals surface area contributed by atoms with Crippen LogP contribution in [0.5, 0.6) is 0 Å². The van der Waals surface area contributed by atoms with Gasteiger partial charge in [0.25, 0.3) is 0 Å². The van der Waals surface area contributed by atoms with Crippen molar-refractivity contribution in [3.05, 3.63) is 21.9 Å². The van der Waals surface area contributed by atoms with Crippen molar-refractivity contribution < 1.29 is 27.8 Å². The van der Waals surface area contributed by atoms with Gasteiger partial charge in [0.2, 0.25) is 0 Å². The number of carboxylic acid groups (broad SMARTS) is 1. The maximum atomic E-state index is 11.7. The lowest BCUT2D eigenvalue weighted by Gasteiger charge is -2.05. The Morgan fingerprint density at radius 2 is 2.13 bits per heavy atom. The normalized spacial score (nSPS) is 11.7. The van der Waals surface area contributed by atoms with Crippen LogP contribution in [-0.2, 0) is 11.3 Å². The molecule has 0 fully saturated rings. The number of halogens is 3. The van der Waals surface area contributed by atoms with E-state index >= 15 is 0 Å². The third kappa shape index (κ3) is 4.30. The Morgan fingerprint density at radius 3 is 2.60 bits per heavy atom. The molecule has 1 aromatic heterocycles. The number of alkyl halides is 3. The summed E-state index contributed by atoms with van der Waals surface area (Å²) in [6.45, 7) is -1.55. The maximum Gasteiger partial charge on any atom is 0.411 e. The lowest BCUT2D eigenvalue weighted by atomic mass is 10.4. The van der Waals surface area contributed by atoms with E-state index in [0.717, 1.165) is 11.3 Å². The number of thiophene rings is 1. The van der Waals surface area contributed by atoms with Crippen molar-refractivity contribution >= 4 is 17.3 Å². The highest BCUT2D eigenvalue weighted by molar-refractivity contribution is 7.13. The summed E-state index contributed by atoms with van der Waals surface area (Å²) in [5.74, 6) is -1.10. The Balaban J connectivity index is 2.41. The van der Waals surface area contributed by atoms with Crippen LogP contribution in [0.2, 0.25) is 0 Å². The quantitative estimate of drug-likeness (QED) is 0.879. The van der Waals surface area contributed by atoms with Crippen molar-refractivity contribution in [2.45, 2.75) is 12.8 Å². The zero-order chi connectivity index (χ0) is 11.5. The van der Waals surface area contributed by atoms with Gasteiger partial charge in [-0.3, -0.25) is 0 Å². The first-order valence-electron chi connectivity index (χ1n) is 3.85. The SMILES string of the molecule is O=C(O)c1ccc(COCC(F)(F)F)s1. The third-order valence-electron chi connectivity index (χ3n) is 1.38. The Hall–Kier alpha value is -1.08. The van der Waals surface area contributed by atoms with E-state index in [9.17, 15) is 18.0 Å². The van der Waals surface area contributed by atoms with Crippen LogP contribution < -0.4 is 0 Å². The van der Waals surface area contributed by atoms with Crippen LogP contribution in [0.25, 0.3) is 0 Å².